The van der Waals surface area contributed by atoms with Crippen LogP contribution in [0.2, 0.25) is 0 Å². The van der Waals surface area contributed by atoms with Gasteiger partial charge in [-0.2, -0.15) is 0 Å². The van der Waals surface area contributed by atoms with E-state index in [9.17, 15) is 14.0 Å². The number of ketones is 1. The van der Waals surface area contributed by atoms with E-state index in [-0.39, 0.29) is 11.5 Å². The van der Waals surface area contributed by atoms with E-state index in [0.717, 1.165) is 24.1 Å². The summed E-state index contributed by atoms with van der Waals surface area (Å²) in [6.07, 6.45) is 1.95. The summed E-state index contributed by atoms with van der Waals surface area (Å²) in [5.74, 6) is -0.944. The predicted octanol–water partition coefficient (Wildman–Crippen LogP) is 4.44. The SMILES string of the molecule is COc1ccccc1[C@H]1C(C(=O)Nc2ccccc2F)=C(C)NC2=C1C(=O)CCC2. The molecule has 0 saturated carbocycles. The summed E-state index contributed by atoms with van der Waals surface area (Å²) in [5, 5.41) is 5.93. The number of para-hydroxylation sites is 2. The Labute approximate surface area is 174 Å². The van der Waals surface area contributed by atoms with Gasteiger partial charge in [-0.25, -0.2) is 4.39 Å². The highest BCUT2D eigenvalue weighted by atomic mass is 19.1. The Morgan fingerprint density at radius 1 is 1.13 bits per heavy atom. The largest absolute Gasteiger partial charge is 0.496 e. The first-order chi connectivity index (χ1) is 14.5. The Hall–Kier alpha value is -3.41. The Morgan fingerprint density at radius 2 is 1.87 bits per heavy atom. The highest BCUT2D eigenvalue weighted by molar-refractivity contribution is 6.10. The molecule has 6 heteroatoms. The molecule has 0 radical (unpaired) electrons. The highest BCUT2D eigenvalue weighted by Gasteiger charge is 2.39. The molecule has 1 amide bonds. The lowest BCUT2D eigenvalue weighted by Gasteiger charge is -2.35. The van der Waals surface area contributed by atoms with Crippen molar-refractivity contribution in [3.05, 3.63) is 82.5 Å². The first-order valence-electron chi connectivity index (χ1n) is 9.94. The van der Waals surface area contributed by atoms with Crippen molar-refractivity contribution < 1.29 is 18.7 Å². The molecule has 1 heterocycles. The summed E-state index contributed by atoms with van der Waals surface area (Å²) in [4.78, 5) is 26.3. The van der Waals surface area contributed by atoms with Gasteiger partial charge in [0, 0.05) is 34.5 Å². The maximum Gasteiger partial charge on any atom is 0.254 e. The number of halogens is 1. The topological polar surface area (TPSA) is 67.4 Å². The number of carbonyl (C=O) groups excluding carboxylic acids is 2. The van der Waals surface area contributed by atoms with Crippen molar-refractivity contribution in [2.45, 2.75) is 32.1 Å². The second kappa shape index (κ2) is 8.14. The molecule has 0 unspecified atom stereocenters. The normalized spacial score (nSPS) is 18.6. The second-order valence-corrected chi connectivity index (χ2v) is 7.44. The van der Waals surface area contributed by atoms with Crippen LogP contribution in [-0.4, -0.2) is 18.8 Å². The third-order valence-corrected chi connectivity index (χ3v) is 5.59. The molecule has 1 atom stereocenters. The van der Waals surface area contributed by atoms with Crippen molar-refractivity contribution in [3.63, 3.8) is 0 Å². The van der Waals surface area contributed by atoms with E-state index in [2.05, 4.69) is 10.6 Å². The monoisotopic (exact) mass is 406 g/mol. The van der Waals surface area contributed by atoms with Crippen LogP contribution in [-0.2, 0) is 9.59 Å². The van der Waals surface area contributed by atoms with Crippen molar-refractivity contribution in [1.82, 2.24) is 5.32 Å². The maximum atomic E-state index is 14.2. The average molecular weight is 406 g/mol. The van der Waals surface area contributed by atoms with E-state index >= 15 is 0 Å². The number of allylic oxidation sites excluding steroid dienone is 3. The van der Waals surface area contributed by atoms with Gasteiger partial charge in [-0.05, 0) is 38.0 Å². The minimum absolute atomic E-state index is 0.0170. The van der Waals surface area contributed by atoms with Gasteiger partial charge in [-0.15, -0.1) is 0 Å². The number of dihydropyridines is 1. The molecule has 2 N–H and O–H groups in total. The molecule has 4 rings (SSSR count). The molecule has 1 aliphatic carbocycles. The Kier molecular flexibility index (Phi) is 5.40. The molecule has 5 nitrogen and oxygen atoms in total. The summed E-state index contributed by atoms with van der Waals surface area (Å²) >= 11 is 0. The van der Waals surface area contributed by atoms with Crippen LogP contribution in [0.5, 0.6) is 5.75 Å². The van der Waals surface area contributed by atoms with Gasteiger partial charge in [-0.3, -0.25) is 9.59 Å². The van der Waals surface area contributed by atoms with Crippen LogP contribution in [0.3, 0.4) is 0 Å². The van der Waals surface area contributed by atoms with Crippen LogP contribution in [0.4, 0.5) is 10.1 Å². The molecule has 2 aromatic carbocycles. The molecule has 2 aromatic rings. The zero-order chi connectivity index (χ0) is 21.3. The third-order valence-electron chi connectivity index (χ3n) is 5.59. The molecule has 0 aromatic heterocycles. The van der Waals surface area contributed by atoms with Crippen molar-refractivity contribution in [3.8, 4) is 5.75 Å². The molecule has 0 fully saturated rings. The molecule has 30 heavy (non-hydrogen) atoms. The number of carbonyl (C=O) groups is 2. The van der Waals surface area contributed by atoms with Crippen LogP contribution in [0.25, 0.3) is 0 Å². The average Bonchev–Trinajstić information content (AvgIpc) is 2.74. The van der Waals surface area contributed by atoms with Gasteiger partial charge < -0.3 is 15.4 Å². The number of anilines is 1. The van der Waals surface area contributed by atoms with Gasteiger partial charge in [0.25, 0.3) is 5.91 Å². The summed E-state index contributed by atoms with van der Waals surface area (Å²) in [7, 11) is 1.56. The fraction of sp³-hybridized carbons (Fsp3) is 0.250. The molecule has 154 valence electrons. The fourth-order valence-electron chi connectivity index (χ4n) is 4.25. The van der Waals surface area contributed by atoms with Gasteiger partial charge in [0.2, 0.25) is 0 Å². The van der Waals surface area contributed by atoms with E-state index in [4.69, 9.17) is 4.74 Å². The summed E-state index contributed by atoms with van der Waals surface area (Å²) in [5.41, 5.74) is 3.31. The first-order valence-corrected chi connectivity index (χ1v) is 9.94. The molecular weight excluding hydrogens is 383 g/mol. The summed E-state index contributed by atoms with van der Waals surface area (Å²) in [6, 6.07) is 13.4. The number of rotatable bonds is 4. The molecule has 1 aliphatic heterocycles. The van der Waals surface area contributed by atoms with Crippen molar-refractivity contribution in [2.24, 2.45) is 0 Å². The molecule has 0 saturated heterocycles. The number of methoxy groups -OCH3 is 1. The first kappa shape index (κ1) is 19.9. The molecule has 0 bridgehead atoms. The molecular formula is C24H23FN2O3. The lowest BCUT2D eigenvalue weighted by molar-refractivity contribution is -0.116. The molecule has 0 spiro atoms. The third kappa shape index (κ3) is 3.49. The van der Waals surface area contributed by atoms with E-state index < -0.39 is 17.6 Å². The van der Waals surface area contributed by atoms with Crippen molar-refractivity contribution in [2.75, 3.05) is 12.4 Å². The Balaban J connectivity index is 1.84. The lowest BCUT2D eigenvalue weighted by atomic mass is 9.74. The van der Waals surface area contributed by atoms with E-state index in [1.54, 1.807) is 19.2 Å². The fourth-order valence-corrected chi connectivity index (χ4v) is 4.25. The quantitative estimate of drug-likeness (QED) is 0.788. The van der Waals surface area contributed by atoms with E-state index in [0.29, 0.717) is 29.0 Å². The van der Waals surface area contributed by atoms with E-state index in [1.165, 1.54) is 12.1 Å². The predicted molar refractivity (Wildman–Crippen MR) is 112 cm³/mol. The smallest absolute Gasteiger partial charge is 0.254 e. The Morgan fingerprint density at radius 3 is 2.63 bits per heavy atom. The second-order valence-electron chi connectivity index (χ2n) is 7.44. The van der Waals surface area contributed by atoms with Gasteiger partial charge in [-0.1, -0.05) is 30.3 Å². The number of benzene rings is 2. The van der Waals surface area contributed by atoms with Gasteiger partial charge >= 0.3 is 0 Å². The van der Waals surface area contributed by atoms with Crippen molar-refractivity contribution >= 4 is 17.4 Å². The lowest BCUT2D eigenvalue weighted by Crippen LogP contribution is -2.35. The number of hydrogen-bond acceptors (Lipinski definition) is 4. The zero-order valence-corrected chi connectivity index (χ0v) is 16.9. The number of Topliss-reactive ketones (excluding diaryl/α,β-unsaturated/α-hetero) is 1. The number of amides is 1. The number of hydrogen-bond donors (Lipinski definition) is 2. The zero-order valence-electron chi connectivity index (χ0n) is 16.9. The number of ether oxygens (including phenoxy) is 1. The van der Waals surface area contributed by atoms with Crippen LogP contribution in [0, 0.1) is 5.82 Å². The van der Waals surface area contributed by atoms with Crippen LogP contribution in [0.15, 0.2) is 71.1 Å². The van der Waals surface area contributed by atoms with Gasteiger partial charge in [0.05, 0.1) is 18.7 Å². The highest BCUT2D eigenvalue weighted by Crippen LogP contribution is 2.45. The van der Waals surface area contributed by atoms with E-state index in [1.807, 2.05) is 31.2 Å². The summed E-state index contributed by atoms with van der Waals surface area (Å²) < 4.78 is 19.7. The number of nitrogens with one attached hydrogen (secondary N) is 2. The van der Waals surface area contributed by atoms with Crippen LogP contribution >= 0.6 is 0 Å². The maximum absolute atomic E-state index is 14.2. The standard InChI is InChI=1S/C24H23FN2O3/c1-14-21(24(29)27-17-10-5-4-9-16(17)25)22(15-8-3-6-13-20(15)30-2)23-18(26-14)11-7-12-19(23)28/h3-6,8-10,13,22,26H,7,11-12H2,1-2H3,(H,27,29)/t22-/m0/s1. The minimum Gasteiger partial charge on any atom is -0.496 e. The Bertz CT molecular complexity index is 1090. The van der Waals surface area contributed by atoms with Gasteiger partial charge in [0.1, 0.15) is 11.6 Å². The minimum atomic E-state index is -0.586. The molecule has 2 aliphatic rings. The van der Waals surface area contributed by atoms with Crippen LogP contribution < -0.4 is 15.4 Å². The van der Waals surface area contributed by atoms with Crippen LogP contribution in [0.1, 0.15) is 37.7 Å². The summed E-state index contributed by atoms with van der Waals surface area (Å²) in [6.45, 7) is 1.81. The van der Waals surface area contributed by atoms with Crippen molar-refractivity contribution in [1.29, 1.82) is 0 Å². The van der Waals surface area contributed by atoms with Gasteiger partial charge in [0.15, 0.2) is 5.78 Å².